The molecule has 1 aliphatic heterocycles. The maximum atomic E-state index is 5.65. The van der Waals surface area contributed by atoms with Crippen molar-refractivity contribution < 1.29 is 9.47 Å². The quantitative estimate of drug-likeness (QED) is 0.535. The third-order valence-electron chi connectivity index (χ3n) is 5.76. The molecule has 5 rings (SSSR count). The summed E-state index contributed by atoms with van der Waals surface area (Å²) in [5, 5.41) is 12.0. The molecule has 160 valence electrons. The second kappa shape index (κ2) is 8.13. The topological polar surface area (TPSA) is 81.1 Å². The average molecular weight is 419 g/mol. The normalized spacial score (nSPS) is 16.9. The van der Waals surface area contributed by atoms with Crippen LogP contribution in [-0.2, 0) is 23.1 Å². The minimum atomic E-state index is 0.251. The molecule has 31 heavy (non-hydrogen) atoms. The molecule has 4 aromatic rings. The van der Waals surface area contributed by atoms with Gasteiger partial charge in [0.1, 0.15) is 22.7 Å². The number of fused-ring (bicyclic) bond motifs is 1. The number of ether oxygens (including phenoxy) is 2. The molecule has 0 aliphatic carbocycles. The van der Waals surface area contributed by atoms with Gasteiger partial charge >= 0.3 is 0 Å². The Hall–Kier alpha value is -3.23. The largest absolute Gasteiger partial charge is 0.380 e. The highest BCUT2D eigenvalue weighted by Gasteiger charge is 2.25. The number of methoxy groups -OCH3 is 1. The van der Waals surface area contributed by atoms with Crippen molar-refractivity contribution in [1.29, 1.82) is 0 Å². The van der Waals surface area contributed by atoms with Crippen molar-refractivity contribution in [3.05, 3.63) is 48.2 Å². The van der Waals surface area contributed by atoms with Gasteiger partial charge in [-0.15, -0.1) is 0 Å². The Morgan fingerprint density at radius 1 is 1.23 bits per heavy atom. The summed E-state index contributed by atoms with van der Waals surface area (Å²) < 4.78 is 12.8. The number of morpholine rings is 1. The van der Waals surface area contributed by atoms with Crippen LogP contribution >= 0.6 is 0 Å². The number of benzene rings is 1. The zero-order chi connectivity index (χ0) is 21.4. The van der Waals surface area contributed by atoms with Crippen molar-refractivity contribution in [2.45, 2.75) is 19.6 Å². The molecule has 0 bridgehead atoms. The summed E-state index contributed by atoms with van der Waals surface area (Å²) in [6.45, 7) is 4.97. The van der Waals surface area contributed by atoms with E-state index in [0.29, 0.717) is 19.8 Å². The van der Waals surface area contributed by atoms with E-state index in [0.717, 1.165) is 51.5 Å². The first-order chi connectivity index (χ1) is 15.2. The van der Waals surface area contributed by atoms with E-state index in [2.05, 4.69) is 52.4 Å². The van der Waals surface area contributed by atoms with E-state index in [1.165, 1.54) is 0 Å². The summed E-state index contributed by atoms with van der Waals surface area (Å²) in [5.41, 5.74) is 6.75. The molecule has 0 unspecified atom stereocenters. The number of aromatic nitrogens is 5. The lowest BCUT2D eigenvalue weighted by Crippen LogP contribution is -2.44. The molecular formula is C23H26N6O2. The van der Waals surface area contributed by atoms with E-state index in [9.17, 15) is 0 Å². The van der Waals surface area contributed by atoms with Crippen molar-refractivity contribution in [3.8, 4) is 22.5 Å². The number of aromatic amines is 1. The lowest BCUT2D eigenvalue weighted by Gasteiger charge is -2.34. The van der Waals surface area contributed by atoms with Crippen LogP contribution in [0.1, 0.15) is 12.5 Å². The maximum Gasteiger partial charge on any atom is 0.139 e. The van der Waals surface area contributed by atoms with Gasteiger partial charge in [-0.2, -0.15) is 10.2 Å². The number of nitrogens with one attached hydrogen (secondary N) is 1. The van der Waals surface area contributed by atoms with Gasteiger partial charge in [0.25, 0.3) is 0 Å². The molecule has 1 fully saturated rings. The highest BCUT2D eigenvalue weighted by atomic mass is 16.5. The number of anilines is 1. The van der Waals surface area contributed by atoms with Gasteiger partial charge in [0.05, 0.1) is 31.4 Å². The van der Waals surface area contributed by atoms with Gasteiger partial charge in [0.2, 0.25) is 0 Å². The van der Waals surface area contributed by atoms with Crippen LogP contribution in [0.25, 0.3) is 33.5 Å². The molecule has 0 spiro atoms. The fourth-order valence-electron chi connectivity index (χ4n) is 4.21. The number of nitrogens with zero attached hydrogens (tertiary/aromatic N) is 5. The van der Waals surface area contributed by atoms with Gasteiger partial charge in [-0.25, -0.2) is 4.98 Å². The summed E-state index contributed by atoms with van der Waals surface area (Å²) in [6.07, 6.45) is 1.80. The summed E-state index contributed by atoms with van der Waals surface area (Å²) in [4.78, 5) is 7.38. The molecule has 8 heteroatoms. The molecule has 1 aromatic carbocycles. The predicted molar refractivity (Wildman–Crippen MR) is 120 cm³/mol. The Bertz CT molecular complexity index is 1180. The molecule has 1 atom stereocenters. The summed E-state index contributed by atoms with van der Waals surface area (Å²) in [6, 6.07) is 12.8. The Kier molecular flexibility index (Phi) is 5.17. The minimum absolute atomic E-state index is 0.251. The number of hydrogen-bond donors (Lipinski definition) is 1. The van der Waals surface area contributed by atoms with E-state index in [4.69, 9.17) is 19.6 Å². The van der Waals surface area contributed by atoms with Crippen molar-refractivity contribution >= 4 is 16.9 Å². The van der Waals surface area contributed by atoms with E-state index in [1.807, 2.05) is 17.8 Å². The fraction of sp³-hybridized carbons (Fsp3) is 0.348. The molecule has 0 saturated carbocycles. The second-order valence-electron chi connectivity index (χ2n) is 7.90. The molecular weight excluding hydrogens is 392 g/mol. The van der Waals surface area contributed by atoms with Gasteiger partial charge in [-0.1, -0.05) is 24.3 Å². The van der Waals surface area contributed by atoms with E-state index in [-0.39, 0.29) is 6.04 Å². The number of rotatable bonds is 5. The summed E-state index contributed by atoms with van der Waals surface area (Å²) in [7, 11) is 3.67. The number of H-pyrrole nitrogens is 1. The van der Waals surface area contributed by atoms with Gasteiger partial charge < -0.3 is 14.4 Å². The SMILES string of the molecule is COCc1ccc(-c2cc(N3CCOC[C@H]3C)nc3c(-c4cc[nH]n4)nn(C)c23)cc1. The van der Waals surface area contributed by atoms with Crippen molar-refractivity contribution in [3.63, 3.8) is 0 Å². The standard InChI is InChI=1S/C23H26N6O2/c1-15-13-31-11-10-29(15)20-12-18(17-6-4-16(5-7-17)14-30-3)23-22(25-20)21(27-28(23)2)19-8-9-24-26-19/h4-9,12,15H,10-11,13-14H2,1-3H3,(H,24,26)/t15-/m1/s1. The summed E-state index contributed by atoms with van der Waals surface area (Å²) in [5.74, 6) is 0.934. The first kappa shape index (κ1) is 19.7. The first-order valence-corrected chi connectivity index (χ1v) is 10.5. The second-order valence-corrected chi connectivity index (χ2v) is 7.90. The van der Waals surface area contributed by atoms with E-state index in [1.54, 1.807) is 13.3 Å². The van der Waals surface area contributed by atoms with Crippen LogP contribution in [0.5, 0.6) is 0 Å². The number of pyridine rings is 1. The fourth-order valence-corrected chi connectivity index (χ4v) is 4.21. The smallest absolute Gasteiger partial charge is 0.139 e. The van der Waals surface area contributed by atoms with Crippen LogP contribution in [0.15, 0.2) is 42.6 Å². The van der Waals surface area contributed by atoms with Crippen LogP contribution in [0.2, 0.25) is 0 Å². The van der Waals surface area contributed by atoms with Crippen molar-refractivity contribution in [1.82, 2.24) is 25.0 Å². The predicted octanol–water partition coefficient (Wildman–Crippen LogP) is 3.40. The maximum absolute atomic E-state index is 5.65. The average Bonchev–Trinajstić information content (AvgIpc) is 3.43. The van der Waals surface area contributed by atoms with E-state index >= 15 is 0 Å². The van der Waals surface area contributed by atoms with Crippen LogP contribution in [-0.4, -0.2) is 57.9 Å². The molecule has 1 N–H and O–H groups in total. The molecule has 3 aromatic heterocycles. The first-order valence-electron chi connectivity index (χ1n) is 10.5. The Balaban J connectivity index is 1.72. The van der Waals surface area contributed by atoms with Crippen LogP contribution < -0.4 is 4.90 Å². The molecule has 8 nitrogen and oxygen atoms in total. The van der Waals surface area contributed by atoms with Crippen molar-refractivity contribution in [2.75, 3.05) is 31.8 Å². The minimum Gasteiger partial charge on any atom is -0.380 e. The molecule has 0 radical (unpaired) electrons. The van der Waals surface area contributed by atoms with Crippen molar-refractivity contribution in [2.24, 2.45) is 7.05 Å². The molecule has 4 heterocycles. The summed E-state index contributed by atoms with van der Waals surface area (Å²) >= 11 is 0. The third kappa shape index (κ3) is 3.58. The lowest BCUT2D eigenvalue weighted by atomic mass is 10.0. The van der Waals surface area contributed by atoms with E-state index < -0.39 is 0 Å². The Morgan fingerprint density at radius 3 is 2.77 bits per heavy atom. The zero-order valence-electron chi connectivity index (χ0n) is 18.0. The number of aryl methyl sites for hydroxylation is 1. The van der Waals surface area contributed by atoms with Gasteiger partial charge in [0.15, 0.2) is 0 Å². The van der Waals surface area contributed by atoms with Gasteiger partial charge in [-0.3, -0.25) is 9.78 Å². The number of hydrogen-bond acceptors (Lipinski definition) is 6. The van der Waals surface area contributed by atoms with Gasteiger partial charge in [-0.05, 0) is 30.2 Å². The Morgan fingerprint density at radius 2 is 2.06 bits per heavy atom. The Labute approximate surface area is 180 Å². The highest BCUT2D eigenvalue weighted by Crippen LogP contribution is 2.36. The van der Waals surface area contributed by atoms with Gasteiger partial charge in [0, 0.05) is 32.5 Å². The molecule has 1 aliphatic rings. The monoisotopic (exact) mass is 418 g/mol. The van der Waals surface area contributed by atoms with Crippen LogP contribution in [0.4, 0.5) is 5.82 Å². The molecule has 1 saturated heterocycles. The molecule has 0 amide bonds. The zero-order valence-corrected chi connectivity index (χ0v) is 18.0. The van der Waals surface area contributed by atoms with Crippen LogP contribution in [0, 0.1) is 0 Å². The highest BCUT2D eigenvalue weighted by molar-refractivity contribution is 6.00. The lowest BCUT2D eigenvalue weighted by molar-refractivity contribution is 0.0986. The van der Waals surface area contributed by atoms with Crippen LogP contribution in [0.3, 0.4) is 0 Å². The third-order valence-corrected chi connectivity index (χ3v) is 5.76.